The Morgan fingerprint density at radius 2 is 1.88 bits per heavy atom. The zero-order chi connectivity index (χ0) is 18.2. The molecule has 3 rings (SSSR count). The molecule has 0 bridgehead atoms. The molecule has 1 amide bonds. The number of carbonyl (C=O) groups is 1. The van der Waals surface area contributed by atoms with Gasteiger partial charge in [0.1, 0.15) is 10.6 Å². The molecule has 0 aliphatic carbocycles. The van der Waals surface area contributed by atoms with Crippen molar-refractivity contribution in [2.45, 2.75) is 44.6 Å². The number of hydrogen-bond donors (Lipinski definition) is 1. The summed E-state index contributed by atoms with van der Waals surface area (Å²) in [7, 11) is -3.62. The fourth-order valence-corrected chi connectivity index (χ4v) is 5.47. The van der Waals surface area contributed by atoms with Crippen molar-refractivity contribution in [3.8, 4) is 0 Å². The molecular formula is C16H27ClN4O4S. The Kier molecular flexibility index (Phi) is 6.70. The second-order valence-corrected chi connectivity index (χ2v) is 8.85. The molecule has 2 aliphatic heterocycles. The topological polar surface area (TPSA) is 95.8 Å². The van der Waals surface area contributed by atoms with E-state index in [1.54, 1.807) is 13.8 Å². The van der Waals surface area contributed by atoms with Gasteiger partial charge in [0, 0.05) is 44.7 Å². The van der Waals surface area contributed by atoms with Crippen LogP contribution >= 0.6 is 12.4 Å². The molecule has 148 valence electrons. The van der Waals surface area contributed by atoms with Crippen LogP contribution < -0.4 is 5.32 Å². The third-order valence-electron chi connectivity index (χ3n) is 5.05. The maximum Gasteiger partial charge on any atom is 0.248 e. The number of nitrogens with zero attached hydrogens (tertiary/aromatic N) is 3. The lowest BCUT2D eigenvalue weighted by atomic mass is 9.96. The number of piperazine rings is 1. The predicted octanol–water partition coefficient (Wildman–Crippen LogP) is 0.934. The minimum Gasteiger partial charge on any atom is -0.360 e. The Bertz CT molecular complexity index is 724. The Hall–Kier alpha value is -1.16. The van der Waals surface area contributed by atoms with Crippen molar-refractivity contribution in [3.63, 3.8) is 0 Å². The summed E-state index contributed by atoms with van der Waals surface area (Å²) in [5.41, 5.74) is 0.380. The normalized spacial score (nSPS) is 22.9. The van der Waals surface area contributed by atoms with E-state index in [2.05, 4.69) is 17.4 Å². The second-order valence-electron chi connectivity index (χ2n) is 6.97. The van der Waals surface area contributed by atoms with Crippen molar-refractivity contribution >= 4 is 28.3 Å². The van der Waals surface area contributed by atoms with E-state index in [1.165, 1.54) is 4.31 Å². The van der Waals surface area contributed by atoms with Crippen LogP contribution in [0.25, 0.3) is 0 Å². The lowest BCUT2D eigenvalue weighted by Gasteiger charge is -2.37. The number of rotatable bonds is 3. The molecule has 26 heavy (non-hydrogen) atoms. The van der Waals surface area contributed by atoms with Crippen LogP contribution in [0.15, 0.2) is 9.42 Å². The van der Waals surface area contributed by atoms with Gasteiger partial charge < -0.3 is 14.7 Å². The highest BCUT2D eigenvalue weighted by molar-refractivity contribution is 7.89. The van der Waals surface area contributed by atoms with E-state index in [-0.39, 0.29) is 29.1 Å². The number of carbonyl (C=O) groups excluding carboxylic acids is 1. The van der Waals surface area contributed by atoms with Crippen LogP contribution in [0.1, 0.15) is 31.2 Å². The molecule has 0 spiro atoms. The molecule has 0 aromatic carbocycles. The number of hydrogen-bond acceptors (Lipinski definition) is 6. The summed E-state index contributed by atoms with van der Waals surface area (Å²) in [6.45, 7) is 8.26. The smallest absolute Gasteiger partial charge is 0.248 e. The van der Waals surface area contributed by atoms with Crippen molar-refractivity contribution in [1.82, 2.24) is 19.7 Å². The molecule has 10 heteroatoms. The van der Waals surface area contributed by atoms with Gasteiger partial charge in [-0.2, -0.15) is 4.31 Å². The zero-order valence-corrected chi connectivity index (χ0v) is 17.0. The number of amides is 1. The first-order valence-corrected chi connectivity index (χ1v) is 10.2. The van der Waals surface area contributed by atoms with Crippen molar-refractivity contribution < 1.29 is 17.7 Å². The summed E-state index contributed by atoms with van der Waals surface area (Å²) in [5.74, 6) is 0.370. The molecule has 1 aromatic heterocycles. The molecule has 8 nitrogen and oxygen atoms in total. The average Bonchev–Trinajstić information content (AvgIpc) is 2.93. The minimum atomic E-state index is -3.62. The van der Waals surface area contributed by atoms with Gasteiger partial charge in [0.15, 0.2) is 5.76 Å². The summed E-state index contributed by atoms with van der Waals surface area (Å²) < 4.78 is 32.1. The quantitative estimate of drug-likeness (QED) is 0.802. The third-order valence-corrected chi connectivity index (χ3v) is 7.19. The number of aryl methyl sites for hydroxylation is 2. The largest absolute Gasteiger partial charge is 0.360 e. The summed E-state index contributed by atoms with van der Waals surface area (Å²) >= 11 is 0. The molecule has 1 N–H and O–H groups in total. The Morgan fingerprint density at radius 1 is 1.23 bits per heavy atom. The standard InChI is InChI=1S/C16H26N4O4S.ClH/c1-11-10-19(9-6-17-11)16(21)14-4-7-20(8-5-14)25(22,23)15-12(2)18-24-13(15)3;/h11,14,17H,4-10H2,1-3H3;1H. The summed E-state index contributed by atoms with van der Waals surface area (Å²) in [5, 5.41) is 7.07. The van der Waals surface area contributed by atoms with Gasteiger partial charge in [-0.1, -0.05) is 5.16 Å². The molecule has 2 fully saturated rings. The van der Waals surface area contributed by atoms with E-state index < -0.39 is 10.0 Å². The van der Waals surface area contributed by atoms with E-state index in [9.17, 15) is 13.2 Å². The average molecular weight is 407 g/mol. The number of sulfonamides is 1. The molecule has 1 unspecified atom stereocenters. The van der Waals surface area contributed by atoms with Gasteiger partial charge in [-0.3, -0.25) is 4.79 Å². The lowest BCUT2D eigenvalue weighted by Crippen LogP contribution is -2.54. The summed E-state index contributed by atoms with van der Waals surface area (Å²) in [6.07, 6.45) is 1.11. The maximum absolute atomic E-state index is 12.8. The predicted molar refractivity (Wildman–Crippen MR) is 98.8 cm³/mol. The summed E-state index contributed by atoms with van der Waals surface area (Å²) in [6, 6.07) is 0.303. The Morgan fingerprint density at radius 3 is 2.42 bits per heavy atom. The van der Waals surface area contributed by atoms with Crippen LogP contribution in [0, 0.1) is 19.8 Å². The minimum absolute atomic E-state index is 0. The highest BCUT2D eigenvalue weighted by Gasteiger charge is 2.36. The highest BCUT2D eigenvalue weighted by Crippen LogP contribution is 2.28. The van der Waals surface area contributed by atoms with Gasteiger partial charge >= 0.3 is 0 Å². The molecular weight excluding hydrogens is 380 g/mol. The van der Waals surface area contributed by atoms with Gasteiger partial charge in [0.25, 0.3) is 0 Å². The van der Waals surface area contributed by atoms with Gasteiger partial charge in [-0.15, -0.1) is 12.4 Å². The van der Waals surface area contributed by atoms with Crippen LogP contribution in [0.3, 0.4) is 0 Å². The Labute approximate surface area is 160 Å². The van der Waals surface area contributed by atoms with Crippen molar-refractivity contribution in [2.24, 2.45) is 5.92 Å². The third kappa shape index (κ3) is 4.05. The second kappa shape index (κ2) is 8.24. The first kappa shape index (κ1) is 21.1. The van der Waals surface area contributed by atoms with E-state index in [4.69, 9.17) is 4.52 Å². The lowest BCUT2D eigenvalue weighted by molar-refractivity contribution is -0.137. The van der Waals surface area contributed by atoms with Gasteiger partial charge in [-0.05, 0) is 33.6 Å². The number of piperidine rings is 1. The fraction of sp³-hybridized carbons (Fsp3) is 0.750. The van der Waals surface area contributed by atoms with E-state index in [1.807, 2.05) is 4.90 Å². The highest BCUT2D eigenvalue weighted by atomic mass is 35.5. The van der Waals surface area contributed by atoms with Gasteiger partial charge in [-0.25, -0.2) is 8.42 Å². The number of aromatic nitrogens is 1. The monoisotopic (exact) mass is 406 g/mol. The van der Waals surface area contributed by atoms with E-state index >= 15 is 0 Å². The SMILES string of the molecule is Cc1noc(C)c1S(=O)(=O)N1CCC(C(=O)N2CCNC(C)C2)CC1.Cl. The molecule has 1 aromatic rings. The maximum atomic E-state index is 12.8. The van der Waals surface area contributed by atoms with Crippen molar-refractivity contribution in [2.75, 3.05) is 32.7 Å². The van der Waals surface area contributed by atoms with Crippen LogP contribution in [-0.4, -0.2) is 67.5 Å². The number of nitrogens with one attached hydrogen (secondary N) is 1. The first-order chi connectivity index (χ1) is 11.8. The zero-order valence-electron chi connectivity index (χ0n) is 15.4. The molecule has 3 heterocycles. The number of halogens is 1. The molecule has 0 saturated carbocycles. The van der Waals surface area contributed by atoms with Crippen LogP contribution in [0.4, 0.5) is 0 Å². The molecule has 2 saturated heterocycles. The van der Waals surface area contributed by atoms with Gasteiger partial charge in [0.2, 0.25) is 15.9 Å². The first-order valence-electron chi connectivity index (χ1n) is 8.76. The van der Waals surface area contributed by atoms with Crippen molar-refractivity contribution in [3.05, 3.63) is 11.5 Å². The van der Waals surface area contributed by atoms with E-state index in [0.717, 1.165) is 19.6 Å². The van der Waals surface area contributed by atoms with E-state index in [0.29, 0.717) is 43.4 Å². The molecule has 1 atom stereocenters. The fourth-order valence-electron chi connectivity index (χ4n) is 3.71. The van der Waals surface area contributed by atoms with Crippen LogP contribution in [-0.2, 0) is 14.8 Å². The Balaban J connectivity index is 0.00000243. The molecule has 0 radical (unpaired) electrons. The molecule has 2 aliphatic rings. The van der Waals surface area contributed by atoms with Crippen LogP contribution in [0.2, 0.25) is 0 Å². The van der Waals surface area contributed by atoms with Crippen LogP contribution in [0.5, 0.6) is 0 Å². The van der Waals surface area contributed by atoms with Gasteiger partial charge in [0.05, 0.1) is 0 Å². The summed E-state index contributed by atoms with van der Waals surface area (Å²) in [4.78, 5) is 14.8. The van der Waals surface area contributed by atoms with Crippen molar-refractivity contribution in [1.29, 1.82) is 0 Å².